The molecule has 1 aliphatic carbocycles. The van der Waals surface area contributed by atoms with Crippen LogP contribution in [-0.4, -0.2) is 3.92 Å². The van der Waals surface area contributed by atoms with Gasteiger partial charge in [0.2, 0.25) is 0 Å². The first-order chi connectivity index (χ1) is 9.26. The summed E-state index contributed by atoms with van der Waals surface area (Å²) >= 11 is -6.06. The zero-order chi connectivity index (χ0) is 19.1. The van der Waals surface area contributed by atoms with Crippen molar-refractivity contribution < 1.29 is 11.2 Å². The van der Waals surface area contributed by atoms with Crippen LogP contribution in [0.25, 0.3) is 0 Å². The Labute approximate surface area is 134 Å². The molecule has 0 radical (unpaired) electrons. The third-order valence-electron chi connectivity index (χ3n) is 18.3. The first-order valence-corrected chi connectivity index (χ1v) is 39.0. The molecule has 0 fully saturated rings. The van der Waals surface area contributed by atoms with Gasteiger partial charge in [0.1, 0.15) is 0 Å². The van der Waals surface area contributed by atoms with E-state index in [4.69, 9.17) is 0 Å². The molecule has 0 amide bonds. The molecule has 23 heavy (non-hydrogen) atoms. The zero-order valence-electron chi connectivity index (χ0n) is 18.4. The number of hydrogen-bond acceptors (Lipinski definition) is 0. The summed E-state index contributed by atoms with van der Waals surface area (Å²) in [4.78, 5) is 0. The normalized spacial score (nSPS) is 29.0. The molecule has 0 aromatic rings. The predicted molar refractivity (Wildman–Crippen MR) is 116 cm³/mol. The third kappa shape index (κ3) is 1.03. The summed E-state index contributed by atoms with van der Waals surface area (Å²) in [5, 5.41) is 0. The van der Waals surface area contributed by atoms with Crippen LogP contribution in [0.1, 0.15) is 54.9 Å². The van der Waals surface area contributed by atoms with E-state index in [0.29, 0.717) is 0 Å². The van der Waals surface area contributed by atoms with Crippen LogP contribution in [-0.2, 0) is 11.2 Å². The first-order valence-electron chi connectivity index (χ1n) is 9.79. The Balaban J connectivity index is 5.08. The Morgan fingerprint density at radius 3 is 1.48 bits per heavy atom. The molecule has 140 valence electrons. The third-order valence-corrected chi connectivity index (χ3v) is 170. The molecule has 0 saturated heterocycles. The van der Waals surface area contributed by atoms with E-state index >= 15 is 0 Å². The summed E-state index contributed by atoms with van der Waals surface area (Å²) in [6.07, 6.45) is 8.23. The van der Waals surface area contributed by atoms with Crippen molar-refractivity contribution in [1.29, 1.82) is 0 Å². The summed E-state index contributed by atoms with van der Waals surface area (Å²) in [5.74, 6) is 0. The molecule has 1 aliphatic rings. The quantitative estimate of drug-likeness (QED) is 0.263. The monoisotopic (exact) mass is 510 g/mol. The van der Waals surface area contributed by atoms with Crippen LogP contribution < -0.4 is 0 Å². The van der Waals surface area contributed by atoms with Crippen LogP contribution in [0.3, 0.4) is 0 Å². The summed E-state index contributed by atoms with van der Waals surface area (Å²) in [7, 11) is 3.28. The van der Waals surface area contributed by atoms with Gasteiger partial charge in [-0.15, -0.1) is 0 Å². The van der Waals surface area contributed by atoms with Crippen LogP contribution in [0.2, 0.25) is 33.9 Å². The van der Waals surface area contributed by atoms with Crippen molar-refractivity contribution in [3.63, 3.8) is 0 Å². The molecule has 0 aliphatic heterocycles. The molecule has 1 rings (SSSR count). The molecule has 0 bridgehead atoms. The molecular weight excluding hydrogens is 462 g/mol. The molecule has 0 aromatic carbocycles. The first kappa shape index (κ1) is 21.8. The molecule has 1 atom stereocenters. The van der Waals surface area contributed by atoms with Gasteiger partial charge >= 0.3 is 135 Å². The second-order valence-electron chi connectivity index (χ2n) is 20.4. The number of rotatable bonds is 3. The van der Waals surface area contributed by atoms with E-state index < -0.39 is 11.2 Å². The maximum absolute atomic E-state index is 6.06. The molecule has 0 aromatic heterocycles. The Kier molecular flexibility index (Phi) is 2.30. The summed E-state index contributed by atoms with van der Waals surface area (Å²) in [6.45, 7) is 17.7. The average Bonchev–Trinajstić information content (AvgIpc) is 2.83. The molecule has 0 saturated carbocycles. The second-order valence-corrected chi connectivity index (χ2v) is 141. The fourth-order valence-electron chi connectivity index (χ4n) is 6.09. The van der Waals surface area contributed by atoms with Crippen molar-refractivity contribution in [2.24, 2.45) is 0 Å². The van der Waals surface area contributed by atoms with Crippen molar-refractivity contribution in [3.8, 4) is 0 Å². The van der Waals surface area contributed by atoms with Gasteiger partial charge in [0.05, 0.1) is 0 Å². The van der Waals surface area contributed by atoms with Crippen molar-refractivity contribution >= 4 is 9.24 Å². The van der Waals surface area contributed by atoms with Crippen LogP contribution in [0, 0.1) is 0 Å². The van der Waals surface area contributed by atoms with Crippen LogP contribution in [0.15, 0.2) is 21.6 Å². The molecule has 2 heteroatoms. The SMILES string of the molecule is C[CH2][Hf]([CH3])([CH3])([CH3])([CH3])([CH3])([CH2]P)([C]1=CC=CC1)([C](C)(C)C)[C](C)(C)C. The van der Waals surface area contributed by atoms with E-state index in [1.165, 1.54) is 0 Å². The number of allylic oxidation sites excluding steroid dienone is 4. The van der Waals surface area contributed by atoms with Crippen molar-refractivity contribution in [2.75, 3.05) is 3.92 Å². The maximum atomic E-state index is 3.28. The van der Waals surface area contributed by atoms with Crippen molar-refractivity contribution in [3.05, 3.63) is 21.6 Å². The summed E-state index contributed by atoms with van der Waals surface area (Å²) < 4.78 is 18.0. The fraction of sp³-hybridized carbons (Fsp3) is 0.810. The van der Waals surface area contributed by atoms with Gasteiger partial charge in [0.15, 0.2) is 0 Å². The average molecular weight is 509 g/mol. The van der Waals surface area contributed by atoms with E-state index in [9.17, 15) is 0 Å². The number of hydrogen-bond donors (Lipinski definition) is 0. The van der Waals surface area contributed by atoms with Crippen LogP contribution in [0.5, 0.6) is 0 Å². The Morgan fingerprint density at radius 2 is 1.30 bits per heavy atom. The minimum atomic E-state index is -6.06. The van der Waals surface area contributed by atoms with E-state index in [0.717, 1.165) is 14.5 Å². The van der Waals surface area contributed by atoms with E-state index in [1.807, 2.05) is 0 Å². The standard InChI is InChI=1S/C5H5.2C4H9.C2H5.CH4P.5CH3.Hf/c1-2-4-5-3-1;2*1-4(2)3;2*1-2;;;;;;/h1-3H,4H2;2*1-3H3;1H2,2H3;1-2H2;5*1H3;. The minimum absolute atomic E-state index is 0.0677. The van der Waals surface area contributed by atoms with Gasteiger partial charge in [-0.2, -0.15) is 0 Å². The fourth-order valence-corrected chi connectivity index (χ4v) is 61.9. The van der Waals surface area contributed by atoms with E-state index in [2.05, 4.69) is 99.3 Å². The predicted octanol–water partition coefficient (Wildman–Crippen LogP) is 9.15. The van der Waals surface area contributed by atoms with Gasteiger partial charge in [-0.25, -0.2) is 0 Å². The molecule has 0 heterocycles. The zero-order valence-corrected chi connectivity index (χ0v) is 23.2. The topological polar surface area (TPSA) is 0 Å². The second kappa shape index (κ2) is 2.42. The Hall–Kier alpha value is 0.780. The molecule has 0 nitrogen and oxygen atoms in total. The summed E-state index contributed by atoms with van der Waals surface area (Å²) in [6, 6.07) is 0. The molecular formula is C21H47HfP. The van der Waals surface area contributed by atoms with Gasteiger partial charge in [0.25, 0.3) is 0 Å². The van der Waals surface area contributed by atoms with E-state index in [-0.39, 0.29) is 6.34 Å². The molecule has 0 spiro atoms. The van der Waals surface area contributed by atoms with Crippen LogP contribution >= 0.6 is 9.24 Å². The van der Waals surface area contributed by atoms with Crippen LogP contribution in [0.4, 0.5) is 0 Å². The van der Waals surface area contributed by atoms with E-state index in [1.54, 1.807) is 3.33 Å². The van der Waals surface area contributed by atoms with Crippen molar-refractivity contribution in [2.45, 2.75) is 88.8 Å². The Bertz CT molecular complexity index is 749. The van der Waals surface area contributed by atoms with Gasteiger partial charge in [0, 0.05) is 0 Å². The van der Waals surface area contributed by atoms with Gasteiger partial charge in [-0.1, -0.05) is 0 Å². The molecule has 0 N–H and O–H groups in total. The Morgan fingerprint density at radius 1 is 0.913 bits per heavy atom. The van der Waals surface area contributed by atoms with Gasteiger partial charge in [-0.3, -0.25) is 0 Å². The van der Waals surface area contributed by atoms with Gasteiger partial charge < -0.3 is 0 Å². The van der Waals surface area contributed by atoms with Gasteiger partial charge in [-0.05, 0) is 0 Å². The molecule has 1 unspecified atom stereocenters. The summed E-state index contributed by atoms with van der Waals surface area (Å²) in [5.41, 5.74) is 0. The van der Waals surface area contributed by atoms with Crippen molar-refractivity contribution in [1.82, 2.24) is 0 Å².